The summed E-state index contributed by atoms with van der Waals surface area (Å²) in [5, 5.41) is 0. The number of benzene rings is 1. The Labute approximate surface area is 184 Å². The van der Waals surface area contributed by atoms with E-state index in [-0.39, 0.29) is 5.97 Å². The smallest absolute Gasteiger partial charge is 0.338 e. The molecule has 1 aromatic rings. The minimum Gasteiger partial charge on any atom is -0.493 e. The van der Waals surface area contributed by atoms with Gasteiger partial charge in [0.15, 0.2) is 0 Å². The van der Waals surface area contributed by atoms with E-state index in [1.165, 1.54) is 64.9 Å². The number of hydrogen-bond acceptors (Lipinski definition) is 4. The van der Waals surface area contributed by atoms with Crippen molar-refractivity contribution >= 4 is 5.97 Å². The number of carbonyl (C=O) groups excluding carboxylic acids is 1. The van der Waals surface area contributed by atoms with E-state index in [0.29, 0.717) is 18.8 Å². The van der Waals surface area contributed by atoms with Crippen molar-refractivity contribution in [3.8, 4) is 11.5 Å². The van der Waals surface area contributed by atoms with Crippen LogP contribution in [0, 0.1) is 0 Å². The Morgan fingerprint density at radius 3 is 1.60 bits per heavy atom. The van der Waals surface area contributed by atoms with Gasteiger partial charge in [-0.3, -0.25) is 0 Å². The van der Waals surface area contributed by atoms with Crippen LogP contribution < -0.4 is 9.47 Å². The first-order chi connectivity index (χ1) is 14.7. The normalized spacial score (nSPS) is 10.8. The third-order valence-corrected chi connectivity index (χ3v) is 5.38. The highest BCUT2D eigenvalue weighted by Gasteiger charge is 2.17. The lowest BCUT2D eigenvalue weighted by Crippen LogP contribution is -2.09. The molecular weight excluding hydrogens is 376 g/mol. The van der Waals surface area contributed by atoms with Gasteiger partial charge in [-0.15, -0.1) is 0 Å². The van der Waals surface area contributed by atoms with Crippen LogP contribution >= 0.6 is 0 Å². The monoisotopic (exact) mass is 420 g/mol. The molecule has 0 atom stereocenters. The zero-order valence-corrected chi connectivity index (χ0v) is 19.9. The molecule has 0 fully saturated rings. The summed E-state index contributed by atoms with van der Waals surface area (Å²) >= 11 is 0. The summed E-state index contributed by atoms with van der Waals surface area (Å²) in [6.45, 7) is 7.98. The lowest BCUT2D eigenvalue weighted by atomic mass is 10.0. The SMILES string of the molecule is CCCCCCOc1cc(C(=O)OC)cc(OCCCCCC)c1CCCCCC. The minimum atomic E-state index is -0.348. The first-order valence-corrected chi connectivity index (χ1v) is 12.2. The van der Waals surface area contributed by atoms with E-state index in [1.807, 2.05) is 12.1 Å². The summed E-state index contributed by atoms with van der Waals surface area (Å²) in [5.74, 6) is 1.23. The van der Waals surface area contributed by atoms with E-state index in [2.05, 4.69) is 20.8 Å². The molecule has 0 saturated carbocycles. The maximum atomic E-state index is 12.2. The molecule has 4 nitrogen and oxygen atoms in total. The summed E-state index contributed by atoms with van der Waals surface area (Å²) in [5.41, 5.74) is 1.60. The van der Waals surface area contributed by atoms with Crippen molar-refractivity contribution in [3.05, 3.63) is 23.3 Å². The molecule has 1 rings (SSSR count). The second-order valence-corrected chi connectivity index (χ2v) is 8.07. The molecule has 172 valence electrons. The van der Waals surface area contributed by atoms with Gasteiger partial charge in [-0.2, -0.15) is 0 Å². The number of unbranched alkanes of at least 4 members (excludes halogenated alkanes) is 9. The van der Waals surface area contributed by atoms with Gasteiger partial charge in [-0.25, -0.2) is 4.79 Å². The van der Waals surface area contributed by atoms with Crippen molar-refractivity contribution < 1.29 is 19.0 Å². The van der Waals surface area contributed by atoms with E-state index >= 15 is 0 Å². The van der Waals surface area contributed by atoms with Crippen LogP contribution in [0.4, 0.5) is 0 Å². The van der Waals surface area contributed by atoms with Crippen molar-refractivity contribution in [3.63, 3.8) is 0 Å². The van der Waals surface area contributed by atoms with Crippen molar-refractivity contribution in [2.45, 2.75) is 104 Å². The third-order valence-electron chi connectivity index (χ3n) is 5.38. The molecule has 4 heteroatoms. The van der Waals surface area contributed by atoms with Gasteiger partial charge in [0.2, 0.25) is 0 Å². The molecule has 0 aliphatic heterocycles. The van der Waals surface area contributed by atoms with E-state index in [4.69, 9.17) is 14.2 Å². The number of ether oxygens (including phenoxy) is 3. The highest BCUT2D eigenvalue weighted by molar-refractivity contribution is 5.90. The van der Waals surface area contributed by atoms with Crippen molar-refractivity contribution in [1.82, 2.24) is 0 Å². The Balaban J connectivity index is 3.00. The molecule has 0 spiro atoms. The van der Waals surface area contributed by atoms with Crippen LogP contribution in [0.15, 0.2) is 12.1 Å². The van der Waals surface area contributed by atoms with Crippen molar-refractivity contribution in [1.29, 1.82) is 0 Å². The third kappa shape index (κ3) is 10.4. The largest absolute Gasteiger partial charge is 0.493 e. The summed E-state index contributed by atoms with van der Waals surface area (Å²) in [4.78, 5) is 12.2. The molecule has 0 heterocycles. The number of rotatable bonds is 18. The Bertz CT molecular complexity index is 547. The predicted octanol–water partition coefficient (Wildman–Crippen LogP) is 7.51. The summed E-state index contributed by atoms with van der Waals surface area (Å²) < 4.78 is 17.3. The highest BCUT2D eigenvalue weighted by atomic mass is 16.5. The Morgan fingerprint density at radius 1 is 0.700 bits per heavy atom. The van der Waals surface area contributed by atoms with Gasteiger partial charge < -0.3 is 14.2 Å². The van der Waals surface area contributed by atoms with Gasteiger partial charge in [0.1, 0.15) is 11.5 Å². The van der Waals surface area contributed by atoms with E-state index < -0.39 is 0 Å². The second kappa shape index (κ2) is 17.0. The van der Waals surface area contributed by atoms with Crippen LogP contribution in [0.25, 0.3) is 0 Å². The maximum Gasteiger partial charge on any atom is 0.338 e. The molecule has 0 bridgehead atoms. The van der Waals surface area contributed by atoms with Crippen LogP contribution in [0.2, 0.25) is 0 Å². The molecule has 0 unspecified atom stereocenters. The second-order valence-electron chi connectivity index (χ2n) is 8.07. The molecular formula is C26H44O4. The molecule has 0 radical (unpaired) electrons. The number of methoxy groups -OCH3 is 1. The minimum absolute atomic E-state index is 0.348. The fourth-order valence-electron chi connectivity index (χ4n) is 3.51. The van der Waals surface area contributed by atoms with Crippen LogP contribution in [0.3, 0.4) is 0 Å². The molecule has 0 aliphatic carbocycles. The van der Waals surface area contributed by atoms with Crippen molar-refractivity contribution in [2.75, 3.05) is 20.3 Å². The Hall–Kier alpha value is -1.71. The van der Waals surface area contributed by atoms with Crippen LogP contribution in [0.1, 0.15) is 114 Å². The fraction of sp³-hybridized carbons (Fsp3) is 0.731. The van der Waals surface area contributed by atoms with Crippen LogP contribution in [0.5, 0.6) is 11.5 Å². The molecule has 0 aliphatic rings. The number of hydrogen-bond donors (Lipinski definition) is 0. The molecule has 1 aromatic carbocycles. The average Bonchev–Trinajstić information content (AvgIpc) is 2.76. The molecule has 0 aromatic heterocycles. The lowest BCUT2D eigenvalue weighted by Gasteiger charge is -2.18. The first kappa shape index (κ1) is 26.3. The Morgan fingerprint density at radius 2 is 1.17 bits per heavy atom. The van der Waals surface area contributed by atoms with E-state index in [9.17, 15) is 4.79 Å². The quantitative estimate of drug-likeness (QED) is 0.182. The van der Waals surface area contributed by atoms with Gasteiger partial charge in [-0.05, 0) is 37.8 Å². The molecule has 0 saturated heterocycles. The van der Waals surface area contributed by atoms with Crippen LogP contribution in [-0.2, 0) is 11.2 Å². The standard InChI is InChI=1S/C26H44O4/c1-5-8-11-14-17-23-24(29-18-15-12-9-6-2)20-22(26(27)28-4)21-25(23)30-19-16-13-10-7-3/h20-21H,5-19H2,1-4H3. The van der Waals surface area contributed by atoms with E-state index in [1.54, 1.807) is 0 Å². The first-order valence-electron chi connectivity index (χ1n) is 12.2. The predicted molar refractivity (Wildman–Crippen MR) is 125 cm³/mol. The zero-order chi connectivity index (χ0) is 22.0. The summed E-state index contributed by atoms with van der Waals surface area (Å²) in [6, 6.07) is 3.68. The number of carbonyl (C=O) groups is 1. The van der Waals surface area contributed by atoms with Gasteiger partial charge >= 0.3 is 5.97 Å². The van der Waals surface area contributed by atoms with Crippen LogP contribution in [-0.4, -0.2) is 26.3 Å². The fourth-order valence-corrected chi connectivity index (χ4v) is 3.51. The van der Waals surface area contributed by atoms with Gasteiger partial charge in [0.05, 0.1) is 25.9 Å². The molecule has 30 heavy (non-hydrogen) atoms. The highest BCUT2D eigenvalue weighted by Crippen LogP contribution is 2.33. The van der Waals surface area contributed by atoms with Gasteiger partial charge in [0, 0.05) is 5.56 Å². The lowest BCUT2D eigenvalue weighted by molar-refractivity contribution is 0.0599. The maximum absolute atomic E-state index is 12.2. The van der Waals surface area contributed by atoms with Gasteiger partial charge in [-0.1, -0.05) is 78.6 Å². The topological polar surface area (TPSA) is 44.8 Å². The summed E-state index contributed by atoms with van der Waals surface area (Å²) in [6.07, 6.45) is 14.9. The van der Waals surface area contributed by atoms with Gasteiger partial charge in [0.25, 0.3) is 0 Å². The summed E-state index contributed by atoms with van der Waals surface area (Å²) in [7, 11) is 1.41. The zero-order valence-electron chi connectivity index (χ0n) is 19.9. The molecule has 0 amide bonds. The Kier molecular flexibility index (Phi) is 14.9. The average molecular weight is 421 g/mol. The number of esters is 1. The van der Waals surface area contributed by atoms with Crippen molar-refractivity contribution in [2.24, 2.45) is 0 Å². The molecule has 0 N–H and O–H groups in total. The van der Waals surface area contributed by atoms with E-state index in [0.717, 1.165) is 42.7 Å².